The summed E-state index contributed by atoms with van der Waals surface area (Å²) in [5.74, 6) is 0. The molecule has 0 fully saturated rings. The fraction of sp³-hybridized carbons (Fsp3) is 0.800. The highest BCUT2D eigenvalue weighted by Gasteiger charge is 2.09. The molecule has 0 aliphatic carbocycles. The molecule has 1 heterocycles. The van der Waals surface area contributed by atoms with Gasteiger partial charge in [0, 0.05) is 24.7 Å². The number of rotatable bonds is 9. The van der Waals surface area contributed by atoms with Crippen molar-refractivity contribution in [2.24, 2.45) is 5.73 Å². The zero-order chi connectivity index (χ0) is 13.4. The molecule has 0 aliphatic heterocycles. The van der Waals surface area contributed by atoms with E-state index < -0.39 is 0 Å². The van der Waals surface area contributed by atoms with Gasteiger partial charge in [-0.1, -0.05) is 39.0 Å². The van der Waals surface area contributed by atoms with Crippen molar-refractivity contribution in [3.8, 4) is 0 Å². The third kappa shape index (κ3) is 5.21. The summed E-state index contributed by atoms with van der Waals surface area (Å²) >= 11 is 0. The van der Waals surface area contributed by atoms with Crippen LogP contribution in [0.4, 0.5) is 0 Å². The zero-order valence-corrected chi connectivity index (χ0v) is 12.3. The van der Waals surface area contributed by atoms with Crippen LogP contribution in [0.5, 0.6) is 0 Å². The van der Waals surface area contributed by atoms with Gasteiger partial charge in [-0.2, -0.15) is 5.10 Å². The first-order valence-corrected chi connectivity index (χ1v) is 7.46. The van der Waals surface area contributed by atoms with Gasteiger partial charge in [0.2, 0.25) is 0 Å². The van der Waals surface area contributed by atoms with E-state index in [9.17, 15) is 0 Å². The third-order valence-corrected chi connectivity index (χ3v) is 3.43. The first kappa shape index (κ1) is 15.2. The molecular formula is C15H29N3. The van der Waals surface area contributed by atoms with Gasteiger partial charge in [0.05, 0.1) is 5.69 Å². The second kappa shape index (κ2) is 8.30. The molecule has 104 valence electrons. The monoisotopic (exact) mass is 251 g/mol. The second-order valence-corrected chi connectivity index (χ2v) is 5.26. The van der Waals surface area contributed by atoms with Gasteiger partial charge in [0.1, 0.15) is 0 Å². The number of aryl methyl sites for hydroxylation is 2. The fourth-order valence-electron chi connectivity index (χ4n) is 2.42. The Morgan fingerprint density at radius 2 is 1.94 bits per heavy atom. The summed E-state index contributed by atoms with van der Waals surface area (Å²) in [4.78, 5) is 0. The molecule has 0 saturated heterocycles. The Labute approximate surface area is 112 Å². The van der Waals surface area contributed by atoms with E-state index >= 15 is 0 Å². The summed E-state index contributed by atoms with van der Waals surface area (Å²) in [5.41, 5.74) is 8.60. The van der Waals surface area contributed by atoms with E-state index in [1.807, 2.05) is 6.92 Å². The van der Waals surface area contributed by atoms with E-state index in [2.05, 4.69) is 29.7 Å². The fourth-order valence-corrected chi connectivity index (χ4v) is 2.42. The topological polar surface area (TPSA) is 43.8 Å². The molecule has 0 aliphatic rings. The Bertz CT molecular complexity index is 330. The van der Waals surface area contributed by atoms with E-state index in [0.29, 0.717) is 0 Å². The van der Waals surface area contributed by atoms with Gasteiger partial charge in [-0.3, -0.25) is 4.68 Å². The standard InChI is InChI=1S/C15H29N3/c1-4-6-7-8-9-10-14(16)12-15-11-13(3)17-18(15)5-2/h11,14H,4-10,12,16H2,1-3H3. The van der Waals surface area contributed by atoms with Crippen LogP contribution in [0.25, 0.3) is 0 Å². The van der Waals surface area contributed by atoms with Gasteiger partial charge < -0.3 is 5.73 Å². The van der Waals surface area contributed by atoms with E-state index in [4.69, 9.17) is 5.73 Å². The molecule has 0 spiro atoms. The molecule has 1 aromatic rings. The Kier molecular flexibility index (Phi) is 7.02. The average molecular weight is 251 g/mol. The van der Waals surface area contributed by atoms with Crippen molar-refractivity contribution < 1.29 is 0 Å². The van der Waals surface area contributed by atoms with Crippen molar-refractivity contribution in [2.75, 3.05) is 0 Å². The lowest BCUT2D eigenvalue weighted by molar-refractivity contribution is 0.516. The van der Waals surface area contributed by atoms with Crippen LogP contribution in [-0.4, -0.2) is 15.8 Å². The van der Waals surface area contributed by atoms with Crippen molar-refractivity contribution in [1.29, 1.82) is 0 Å². The SMILES string of the molecule is CCCCCCCC(N)Cc1cc(C)nn1CC. The predicted octanol–water partition coefficient (Wildman–Crippen LogP) is 3.44. The lowest BCUT2D eigenvalue weighted by Gasteiger charge is -2.12. The summed E-state index contributed by atoms with van der Waals surface area (Å²) in [6, 6.07) is 2.45. The summed E-state index contributed by atoms with van der Waals surface area (Å²) in [5, 5.41) is 4.46. The molecule has 1 rings (SSSR count). The van der Waals surface area contributed by atoms with Crippen molar-refractivity contribution in [3.05, 3.63) is 17.5 Å². The minimum Gasteiger partial charge on any atom is -0.327 e. The zero-order valence-electron chi connectivity index (χ0n) is 12.3. The molecule has 3 heteroatoms. The minimum absolute atomic E-state index is 0.285. The van der Waals surface area contributed by atoms with Crippen molar-refractivity contribution in [2.45, 2.75) is 78.3 Å². The number of hydrogen-bond acceptors (Lipinski definition) is 2. The lowest BCUT2D eigenvalue weighted by Crippen LogP contribution is -2.24. The van der Waals surface area contributed by atoms with Crippen LogP contribution in [0.1, 0.15) is 63.8 Å². The number of aromatic nitrogens is 2. The quantitative estimate of drug-likeness (QED) is 0.683. The van der Waals surface area contributed by atoms with Crippen LogP contribution in [0.15, 0.2) is 6.07 Å². The molecule has 3 nitrogen and oxygen atoms in total. The molecule has 0 saturated carbocycles. The lowest BCUT2D eigenvalue weighted by atomic mass is 10.0. The number of unbranched alkanes of at least 4 members (excludes halogenated alkanes) is 4. The predicted molar refractivity (Wildman–Crippen MR) is 77.7 cm³/mol. The van der Waals surface area contributed by atoms with Gasteiger partial charge in [0.25, 0.3) is 0 Å². The molecule has 0 radical (unpaired) electrons. The van der Waals surface area contributed by atoms with Crippen LogP contribution < -0.4 is 5.73 Å². The summed E-state index contributed by atoms with van der Waals surface area (Å²) in [7, 11) is 0. The molecule has 0 aromatic carbocycles. The highest BCUT2D eigenvalue weighted by molar-refractivity contribution is 5.10. The molecule has 1 aromatic heterocycles. The number of hydrogen-bond donors (Lipinski definition) is 1. The minimum atomic E-state index is 0.285. The van der Waals surface area contributed by atoms with Crippen LogP contribution in [0, 0.1) is 6.92 Å². The van der Waals surface area contributed by atoms with Gasteiger partial charge in [-0.15, -0.1) is 0 Å². The largest absolute Gasteiger partial charge is 0.327 e. The van der Waals surface area contributed by atoms with Gasteiger partial charge >= 0.3 is 0 Å². The maximum Gasteiger partial charge on any atom is 0.0596 e. The summed E-state index contributed by atoms with van der Waals surface area (Å²) < 4.78 is 2.08. The van der Waals surface area contributed by atoms with Gasteiger partial charge in [0.15, 0.2) is 0 Å². The Hall–Kier alpha value is -0.830. The van der Waals surface area contributed by atoms with Crippen molar-refractivity contribution in [1.82, 2.24) is 9.78 Å². The average Bonchev–Trinajstić information content (AvgIpc) is 2.69. The summed E-state index contributed by atoms with van der Waals surface area (Å²) in [6.45, 7) is 7.37. The smallest absolute Gasteiger partial charge is 0.0596 e. The van der Waals surface area contributed by atoms with Gasteiger partial charge in [-0.05, 0) is 26.3 Å². The Morgan fingerprint density at radius 1 is 1.22 bits per heavy atom. The van der Waals surface area contributed by atoms with Crippen LogP contribution in [0.3, 0.4) is 0 Å². The van der Waals surface area contributed by atoms with Crippen molar-refractivity contribution in [3.63, 3.8) is 0 Å². The maximum absolute atomic E-state index is 6.21. The normalized spacial score (nSPS) is 12.9. The Balaban J connectivity index is 2.28. The molecular weight excluding hydrogens is 222 g/mol. The van der Waals surface area contributed by atoms with Crippen LogP contribution in [-0.2, 0) is 13.0 Å². The maximum atomic E-state index is 6.21. The highest BCUT2D eigenvalue weighted by Crippen LogP contribution is 2.11. The highest BCUT2D eigenvalue weighted by atomic mass is 15.3. The molecule has 0 bridgehead atoms. The second-order valence-electron chi connectivity index (χ2n) is 5.26. The number of nitrogens with two attached hydrogens (primary N) is 1. The molecule has 1 unspecified atom stereocenters. The van der Waals surface area contributed by atoms with Gasteiger partial charge in [-0.25, -0.2) is 0 Å². The van der Waals surface area contributed by atoms with E-state index in [-0.39, 0.29) is 6.04 Å². The van der Waals surface area contributed by atoms with E-state index in [1.54, 1.807) is 0 Å². The third-order valence-electron chi connectivity index (χ3n) is 3.43. The number of nitrogens with zero attached hydrogens (tertiary/aromatic N) is 2. The molecule has 2 N–H and O–H groups in total. The summed E-state index contributed by atoms with van der Waals surface area (Å²) in [6.07, 6.45) is 8.71. The first-order valence-electron chi connectivity index (χ1n) is 7.46. The molecule has 18 heavy (non-hydrogen) atoms. The van der Waals surface area contributed by atoms with E-state index in [0.717, 1.165) is 25.1 Å². The van der Waals surface area contributed by atoms with Crippen molar-refractivity contribution >= 4 is 0 Å². The first-order chi connectivity index (χ1) is 8.67. The van der Waals surface area contributed by atoms with Crippen LogP contribution >= 0.6 is 0 Å². The molecule has 1 atom stereocenters. The Morgan fingerprint density at radius 3 is 2.61 bits per heavy atom. The van der Waals surface area contributed by atoms with E-state index in [1.165, 1.54) is 37.8 Å². The van der Waals surface area contributed by atoms with Crippen LogP contribution in [0.2, 0.25) is 0 Å². The molecule has 0 amide bonds.